The number of fused-ring (bicyclic) bond motifs is 3. The zero-order chi connectivity index (χ0) is 19.1. The van der Waals surface area contributed by atoms with Crippen molar-refractivity contribution in [1.82, 2.24) is 0 Å². The van der Waals surface area contributed by atoms with Gasteiger partial charge in [-0.2, -0.15) is 0 Å². The van der Waals surface area contributed by atoms with Crippen molar-refractivity contribution in [2.24, 2.45) is 11.8 Å². The Labute approximate surface area is 157 Å². The van der Waals surface area contributed by atoms with Gasteiger partial charge in [0.25, 0.3) is 0 Å². The molecule has 0 bridgehead atoms. The van der Waals surface area contributed by atoms with E-state index in [0.29, 0.717) is 23.5 Å². The van der Waals surface area contributed by atoms with E-state index in [1.807, 2.05) is 0 Å². The van der Waals surface area contributed by atoms with Crippen LogP contribution in [0.3, 0.4) is 0 Å². The molecule has 0 radical (unpaired) electrons. The van der Waals surface area contributed by atoms with Crippen molar-refractivity contribution >= 4 is 0 Å². The Bertz CT molecular complexity index is 824. The third-order valence-corrected chi connectivity index (χ3v) is 6.59. The van der Waals surface area contributed by atoms with Crippen LogP contribution in [0.2, 0.25) is 0 Å². The van der Waals surface area contributed by atoms with Crippen LogP contribution in [0.1, 0.15) is 67.6 Å². The fraction of sp³-hybridized carbons (Fsp3) is 0.478. The Balaban J connectivity index is 1.78. The van der Waals surface area contributed by atoms with Crippen LogP contribution in [0.25, 0.3) is 0 Å². The minimum absolute atomic E-state index is 0.0216. The van der Waals surface area contributed by atoms with Gasteiger partial charge in [-0.05, 0) is 84.2 Å². The molecule has 0 heterocycles. The molecule has 0 amide bonds. The van der Waals surface area contributed by atoms with Crippen LogP contribution in [0, 0.1) is 35.1 Å². The van der Waals surface area contributed by atoms with Crippen molar-refractivity contribution in [3.8, 4) is 0 Å². The van der Waals surface area contributed by atoms with Crippen molar-refractivity contribution in [3.05, 3.63) is 70.3 Å². The number of benzene rings is 2. The number of rotatable bonds is 3. The zero-order valence-corrected chi connectivity index (χ0v) is 15.5. The quantitative estimate of drug-likeness (QED) is 0.512. The maximum atomic E-state index is 14.3. The second kappa shape index (κ2) is 7.29. The summed E-state index contributed by atoms with van der Waals surface area (Å²) in [6.45, 7) is 2.12. The summed E-state index contributed by atoms with van der Waals surface area (Å²) < 4.78 is 56.0. The lowest BCUT2D eigenvalue weighted by Gasteiger charge is -2.47. The fourth-order valence-corrected chi connectivity index (χ4v) is 5.66. The average molecular weight is 376 g/mol. The molecule has 0 saturated heterocycles. The van der Waals surface area contributed by atoms with Crippen LogP contribution in [-0.2, 0) is 6.42 Å². The van der Waals surface area contributed by atoms with Gasteiger partial charge in [-0.3, -0.25) is 0 Å². The summed E-state index contributed by atoms with van der Waals surface area (Å²) in [7, 11) is 0. The Kier molecular flexibility index (Phi) is 5.00. The first-order chi connectivity index (χ1) is 13.0. The number of hydrogen-bond acceptors (Lipinski definition) is 0. The van der Waals surface area contributed by atoms with Crippen molar-refractivity contribution in [3.63, 3.8) is 0 Å². The van der Waals surface area contributed by atoms with Gasteiger partial charge in [0, 0.05) is 12.1 Å². The predicted octanol–water partition coefficient (Wildman–Crippen LogP) is 6.88. The van der Waals surface area contributed by atoms with E-state index in [0.717, 1.165) is 49.8 Å². The summed E-state index contributed by atoms with van der Waals surface area (Å²) in [4.78, 5) is 0. The number of hydrogen-bond donors (Lipinski definition) is 0. The van der Waals surface area contributed by atoms with Gasteiger partial charge in [0.1, 0.15) is 23.3 Å². The highest BCUT2D eigenvalue weighted by Crippen LogP contribution is 2.55. The van der Waals surface area contributed by atoms with E-state index in [4.69, 9.17) is 0 Å². The third-order valence-electron chi connectivity index (χ3n) is 6.59. The first-order valence-electron chi connectivity index (χ1n) is 9.91. The topological polar surface area (TPSA) is 0 Å². The van der Waals surface area contributed by atoms with Crippen LogP contribution < -0.4 is 0 Å². The third kappa shape index (κ3) is 3.39. The molecule has 4 atom stereocenters. The molecule has 4 unspecified atom stereocenters. The molecule has 144 valence electrons. The molecular weight excluding hydrogens is 352 g/mol. The molecular formula is C23H24F4. The van der Waals surface area contributed by atoms with Crippen molar-refractivity contribution in [2.45, 2.75) is 57.3 Å². The molecule has 4 heteroatoms. The molecule has 27 heavy (non-hydrogen) atoms. The summed E-state index contributed by atoms with van der Waals surface area (Å²) in [5.41, 5.74) is 2.08. The fourth-order valence-electron chi connectivity index (χ4n) is 5.66. The van der Waals surface area contributed by atoms with E-state index in [1.54, 1.807) is 0 Å². The summed E-state index contributed by atoms with van der Waals surface area (Å²) in [5.74, 6) is -1.56. The summed E-state index contributed by atoms with van der Waals surface area (Å²) in [6.07, 6.45) is 5.11. The molecule has 0 spiro atoms. The standard InChI is InChI=1S/C23H24F4/c1-2-3-13-4-5-18-20(23(13)14-8-15(24)10-16(25)9-14)7-6-19-21(18)11-17(26)12-22(19)27/h8-13,18,20,23H,2-7H2,1H3. The second-order valence-electron chi connectivity index (χ2n) is 8.12. The van der Waals surface area contributed by atoms with Crippen LogP contribution in [0.15, 0.2) is 30.3 Å². The van der Waals surface area contributed by atoms with Crippen LogP contribution in [0.5, 0.6) is 0 Å². The lowest BCUT2D eigenvalue weighted by Crippen LogP contribution is -2.35. The molecule has 2 aliphatic carbocycles. The predicted molar refractivity (Wildman–Crippen MR) is 97.6 cm³/mol. The summed E-state index contributed by atoms with van der Waals surface area (Å²) in [5, 5.41) is 0. The van der Waals surface area contributed by atoms with E-state index < -0.39 is 23.3 Å². The van der Waals surface area contributed by atoms with E-state index in [9.17, 15) is 17.6 Å². The van der Waals surface area contributed by atoms with Gasteiger partial charge in [-0.15, -0.1) is 0 Å². The normalized spacial score (nSPS) is 27.1. The molecule has 2 aromatic carbocycles. The van der Waals surface area contributed by atoms with Gasteiger partial charge < -0.3 is 0 Å². The lowest BCUT2D eigenvalue weighted by atomic mass is 9.57. The summed E-state index contributed by atoms with van der Waals surface area (Å²) in [6, 6.07) is 6.22. The molecule has 0 aliphatic heterocycles. The van der Waals surface area contributed by atoms with E-state index in [2.05, 4.69) is 6.92 Å². The molecule has 2 aromatic rings. The van der Waals surface area contributed by atoms with Gasteiger partial charge in [0.15, 0.2) is 0 Å². The van der Waals surface area contributed by atoms with Crippen molar-refractivity contribution in [2.75, 3.05) is 0 Å². The molecule has 0 nitrogen and oxygen atoms in total. The molecule has 1 saturated carbocycles. The Morgan fingerprint density at radius 1 is 0.852 bits per heavy atom. The Morgan fingerprint density at radius 2 is 1.56 bits per heavy atom. The second-order valence-corrected chi connectivity index (χ2v) is 8.12. The molecule has 0 N–H and O–H groups in total. The Morgan fingerprint density at radius 3 is 2.26 bits per heavy atom. The smallest absolute Gasteiger partial charge is 0.129 e. The number of halogens is 4. The highest BCUT2D eigenvalue weighted by molar-refractivity contribution is 5.38. The van der Waals surface area contributed by atoms with Gasteiger partial charge in [-0.1, -0.05) is 19.8 Å². The molecule has 4 rings (SSSR count). The first kappa shape index (κ1) is 18.5. The maximum absolute atomic E-state index is 14.3. The maximum Gasteiger partial charge on any atom is 0.129 e. The van der Waals surface area contributed by atoms with Crippen LogP contribution in [-0.4, -0.2) is 0 Å². The largest absolute Gasteiger partial charge is 0.207 e. The highest BCUT2D eigenvalue weighted by Gasteiger charge is 2.43. The first-order valence-corrected chi connectivity index (χ1v) is 9.91. The summed E-state index contributed by atoms with van der Waals surface area (Å²) >= 11 is 0. The Hall–Kier alpha value is -1.84. The van der Waals surface area contributed by atoms with Gasteiger partial charge in [0.2, 0.25) is 0 Å². The minimum Gasteiger partial charge on any atom is -0.207 e. The van der Waals surface area contributed by atoms with E-state index in [-0.39, 0.29) is 17.8 Å². The van der Waals surface area contributed by atoms with Gasteiger partial charge in [-0.25, -0.2) is 17.6 Å². The minimum atomic E-state index is -0.560. The average Bonchev–Trinajstić information content (AvgIpc) is 2.60. The van der Waals surface area contributed by atoms with Gasteiger partial charge >= 0.3 is 0 Å². The van der Waals surface area contributed by atoms with E-state index in [1.165, 1.54) is 18.2 Å². The van der Waals surface area contributed by atoms with Crippen molar-refractivity contribution < 1.29 is 17.6 Å². The zero-order valence-electron chi connectivity index (χ0n) is 15.5. The van der Waals surface area contributed by atoms with Gasteiger partial charge in [0.05, 0.1) is 0 Å². The molecule has 1 fully saturated rings. The van der Waals surface area contributed by atoms with Crippen LogP contribution in [0.4, 0.5) is 17.6 Å². The highest BCUT2D eigenvalue weighted by atomic mass is 19.1. The SMILES string of the molecule is CCCC1CCC2c3cc(F)cc(F)c3CCC2C1c1cc(F)cc(F)c1. The lowest BCUT2D eigenvalue weighted by molar-refractivity contribution is 0.159. The van der Waals surface area contributed by atoms with Crippen LogP contribution >= 0.6 is 0 Å². The van der Waals surface area contributed by atoms with E-state index >= 15 is 0 Å². The molecule has 2 aliphatic rings. The van der Waals surface area contributed by atoms with Crippen molar-refractivity contribution in [1.29, 1.82) is 0 Å². The monoisotopic (exact) mass is 376 g/mol. The molecule has 0 aromatic heterocycles.